The Morgan fingerprint density at radius 2 is 1.81 bits per heavy atom. The van der Waals surface area contributed by atoms with E-state index in [2.05, 4.69) is 55.9 Å². The van der Waals surface area contributed by atoms with Crippen molar-refractivity contribution in [1.29, 1.82) is 0 Å². The van der Waals surface area contributed by atoms with Crippen LogP contribution in [0, 0.1) is 13.8 Å². The molecule has 2 rings (SSSR count). The third kappa shape index (κ3) is 3.94. The van der Waals surface area contributed by atoms with Crippen LogP contribution in [0.15, 0.2) is 24.3 Å². The summed E-state index contributed by atoms with van der Waals surface area (Å²) in [4.78, 5) is 8.55. The number of benzene rings is 1. The second kappa shape index (κ2) is 5.72. The molecule has 0 aliphatic rings. The number of nitrogens with zero attached hydrogens (tertiary/aromatic N) is 2. The minimum Gasteiger partial charge on any atom is -0.485 e. The summed E-state index contributed by atoms with van der Waals surface area (Å²) in [6, 6.07) is 8.03. The van der Waals surface area contributed by atoms with Gasteiger partial charge in [-0.1, -0.05) is 32.9 Å². The van der Waals surface area contributed by atoms with E-state index in [1.54, 1.807) is 6.07 Å². The molecule has 0 bridgehead atoms. The first kappa shape index (κ1) is 15.3. The van der Waals surface area contributed by atoms with Crippen molar-refractivity contribution >= 4 is 5.82 Å². The number of nitrogen functional groups attached to an aromatic ring is 1. The first-order valence-electron chi connectivity index (χ1n) is 7.09. The zero-order valence-corrected chi connectivity index (χ0v) is 13.4. The number of nitrogens with two attached hydrogens (primary N) is 1. The molecule has 0 amide bonds. The fourth-order valence-electron chi connectivity index (χ4n) is 2.23. The van der Waals surface area contributed by atoms with Gasteiger partial charge in [-0.3, -0.25) is 0 Å². The number of ether oxygens (including phenoxy) is 1. The highest BCUT2D eigenvalue weighted by molar-refractivity contribution is 5.41. The summed E-state index contributed by atoms with van der Waals surface area (Å²) in [5, 5.41) is 0. The van der Waals surface area contributed by atoms with Crippen LogP contribution in [0.2, 0.25) is 0 Å². The Labute approximate surface area is 126 Å². The van der Waals surface area contributed by atoms with Crippen LogP contribution in [0.3, 0.4) is 0 Å². The van der Waals surface area contributed by atoms with Crippen molar-refractivity contribution in [3.8, 4) is 5.75 Å². The predicted octanol–water partition coefficient (Wildman–Crippen LogP) is 3.55. The van der Waals surface area contributed by atoms with E-state index in [4.69, 9.17) is 10.5 Å². The second-order valence-electron chi connectivity index (χ2n) is 6.39. The number of rotatable bonds is 3. The summed E-state index contributed by atoms with van der Waals surface area (Å²) in [6.45, 7) is 10.8. The molecule has 2 N–H and O–H groups in total. The van der Waals surface area contributed by atoms with Gasteiger partial charge in [-0.2, -0.15) is 0 Å². The average Bonchev–Trinajstić information content (AvgIpc) is 2.33. The largest absolute Gasteiger partial charge is 0.485 e. The minimum absolute atomic E-state index is 0.0233. The highest BCUT2D eigenvalue weighted by Crippen LogP contribution is 2.32. The maximum Gasteiger partial charge on any atom is 0.168 e. The molecule has 1 aromatic heterocycles. The zero-order chi connectivity index (χ0) is 15.6. The molecular formula is C17H23N3O. The van der Waals surface area contributed by atoms with E-state index in [0.29, 0.717) is 18.2 Å². The van der Waals surface area contributed by atoms with E-state index >= 15 is 0 Å². The molecule has 0 aliphatic carbocycles. The fourth-order valence-corrected chi connectivity index (χ4v) is 2.23. The molecule has 1 heterocycles. The summed E-state index contributed by atoms with van der Waals surface area (Å²) >= 11 is 0. The molecule has 0 radical (unpaired) electrons. The van der Waals surface area contributed by atoms with Gasteiger partial charge in [0.05, 0.1) is 0 Å². The van der Waals surface area contributed by atoms with Gasteiger partial charge < -0.3 is 10.5 Å². The summed E-state index contributed by atoms with van der Waals surface area (Å²) in [5.74, 6) is 1.96. The molecule has 0 atom stereocenters. The molecule has 0 saturated heterocycles. The highest BCUT2D eigenvalue weighted by Gasteiger charge is 2.19. The lowest BCUT2D eigenvalue weighted by Crippen LogP contribution is -2.14. The van der Waals surface area contributed by atoms with Crippen molar-refractivity contribution in [2.75, 3.05) is 5.73 Å². The van der Waals surface area contributed by atoms with Gasteiger partial charge in [0.25, 0.3) is 0 Å². The molecular weight excluding hydrogens is 262 g/mol. The van der Waals surface area contributed by atoms with Crippen LogP contribution in [0.1, 0.15) is 43.4 Å². The van der Waals surface area contributed by atoms with Gasteiger partial charge in [0.2, 0.25) is 0 Å². The van der Waals surface area contributed by atoms with Crippen LogP contribution in [0.25, 0.3) is 0 Å². The summed E-state index contributed by atoms with van der Waals surface area (Å²) in [5.41, 5.74) is 8.96. The Morgan fingerprint density at radius 1 is 1.10 bits per heavy atom. The molecule has 4 nitrogen and oxygen atoms in total. The Kier molecular flexibility index (Phi) is 4.16. The molecule has 1 aromatic carbocycles. The Balaban J connectivity index is 2.25. The SMILES string of the molecule is Cc1ccc(C(C)(C)C)c(OCc2nc(C)cc(N)n2)c1. The Bertz CT molecular complexity index is 625. The molecule has 0 spiro atoms. The first-order chi connectivity index (χ1) is 9.75. The van der Waals surface area contributed by atoms with Crippen LogP contribution in [0.5, 0.6) is 5.75 Å². The first-order valence-corrected chi connectivity index (χ1v) is 7.09. The topological polar surface area (TPSA) is 61.0 Å². The predicted molar refractivity (Wildman–Crippen MR) is 85.4 cm³/mol. The van der Waals surface area contributed by atoms with Crippen molar-refractivity contribution in [3.63, 3.8) is 0 Å². The van der Waals surface area contributed by atoms with Gasteiger partial charge in [0.1, 0.15) is 18.2 Å². The van der Waals surface area contributed by atoms with Crippen molar-refractivity contribution in [2.45, 2.75) is 46.6 Å². The van der Waals surface area contributed by atoms with Crippen molar-refractivity contribution in [2.24, 2.45) is 0 Å². The number of hydrogen-bond acceptors (Lipinski definition) is 4. The maximum atomic E-state index is 5.96. The average molecular weight is 285 g/mol. The number of anilines is 1. The van der Waals surface area contributed by atoms with E-state index in [1.807, 2.05) is 6.92 Å². The molecule has 4 heteroatoms. The fraction of sp³-hybridized carbons (Fsp3) is 0.412. The van der Waals surface area contributed by atoms with Crippen LogP contribution in [-0.2, 0) is 12.0 Å². The second-order valence-corrected chi connectivity index (χ2v) is 6.39. The minimum atomic E-state index is 0.0233. The van der Waals surface area contributed by atoms with Crippen molar-refractivity contribution < 1.29 is 4.74 Å². The molecule has 0 aliphatic heterocycles. The lowest BCUT2D eigenvalue weighted by molar-refractivity contribution is 0.287. The van der Waals surface area contributed by atoms with Gasteiger partial charge in [-0.05, 0) is 36.5 Å². The van der Waals surface area contributed by atoms with Crippen LogP contribution < -0.4 is 10.5 Å². The van der Waals surface area contributed by atoms with Gasteiger partial charge in [-0.15, -0.1) is 0 Å². The molecule has 21 heavy (non-hydrogen) atoms. The molecule has 112 valence electrons. The van der Waals surface area contributed by atoms with E-state index in [-0.39, 0.29) is 5.41 Å². The normalized spacial score (nSPS) is 11.5. The molecule has 0 fully saturated rings. The van der Waals surface area contributed by atoms with Gasteiger partial charge in [0, 0.05) is 11.8 Å². The smallest absolute Gasteiger partial charge is 0.168 e. The Hall–Kier alpha value is -2.10. The van der Waals surface area contributed by atoms with Crippen molar-refractivity contribution in [3.05, 3.63) is 46.9 Å². The number of hydrogen-bond donors (Lipinski definition) is 1. The highest BCUT2D eigenvalue weighted by atomic mass is 16.5. The van der Waals surface area contributed by atoms with Gasteiger partial charge in [0.15, 0.2) is 5.82 Å². The van der Waals surface area contributed by atoms with Crippen LogP contribution >= 0.6 is 0 Å². The Morgan fingerprint density at radius 3 is 2.43 bits per heavy atom. The summed E-state index contributed by atoms with van der Waals surface area (Å²) < 4.78 is 5.96. The lowest BCUT2D eigenvalue weighted by atomic mass is 9.86. The van der Waals surface area contributed by atoms with E-state index in [0.717, 1.165) is 11.4 Å². The lowest BCUT2D eigenvalue weighted by Gasteiger charge is -2.23. The third-order valence-corrected chi connectivity index (χ3v) is 3.22. The number of aromatic nitrogens is 2. The maximum absolute atomic E-state index is 5.96. The molecule has 2 aromatic rings. The summed E-state index contributed by atoms with van der Waals surface area (Å²) in [7, 11) is 0. The standard InChI is InChI=1S/C17H23N3O/c1-11-6-7-13(17(3,4)5)14(8-11)21-10-16-19-12(2)9-15(18)20-16/h6-9H,10H2,1-5H3,(H2,18,19,20). The number of aryl methyl sites for hydroxylation is 2. The van der Waals surface area contributed by atoms with E-state index in [9.17, 15) is 0 Å². The van der Waals surface area contributed by atoms with Crippen LogP contribution in [0.4, 0.5) is 5.82 Å². The van der Waals surface area contributed by atoms with Crippen molar-refractivity contribution in [1.82, 2.24) is 9.97 Å². The zero-order valence-electron chi connectivity index (χ0n) is 13.4. The van der Waals surface area contributed by atoms with Crippen LogP contribution in [-0.4, -0.2) is 9.97 Å². The summed E-state index contributed by atoms with van der Waals surface area (Å²) in [6.07, 6.45) is 0. The van der Waals surface area contributed by atoms with E-state index < -0.39 is 0 Å². The molecule has 0 saturated carbocycles. The van der Waals surface area contributed by atoms with Gasteiger partial charge >= 0.3 is 0 Å². The van der Waals surface area contributed by atoms with Gasteiger partial charge in [-0.25, -0.2) is 9.97 Å². The van der Waals surface area contributed by atoms with E-state index in [1.165, 1.54) is 11.1 Å². The third-order valence-electron chi connectivity index (χ3n) is 3.22. The quantitative estimate of drug-likeness (QED) is 0.936. The monoisotopic (exact) mass is 285 g/mol. The molecule has 0 unspecified atom stereocenters.